The predicted octanol–water partition coefficient (Wildman–Crippen LogP) is 6.83. The molecule has 0 atom stereocenters. The van der Waals surface area contributed by atoms with E-state index in [-0.39, 0.29) is 5.69 Å². The van der Waals surface area contributed by atoms with Crippen molar-refractivity contribution in [2.24, 2.45) is 5.92 Å². The van der Waals surface area contributed by atoms with Gasteiger partial charge in [0.05, 0.1) is 16.4 Å². The normalized spacial score (nSPS) is 14.1. The van der Waals surface area contributed by atoms with Gasteiger partial charge in [0, 0.05) is 27.7 Å². The maximum Gasteiger partial charge on any atom is 0.321 e. The third-order valence-corrected chi connectivity index (χ3v) is 6.89. The van der Waals surface area contributed by atoms with Crippen LogP contribution in [0.5, 0.6) is 0 Å². The molecule has 9 heteroatoms. The van der Waals surface area contributed by atoms with Crippen molar-refractivity contribution < 1.29 is 9.59 Å². The third-order valence-electron chi connectivity index (χ3n) is 6.10. The Morgan fingerprint density at radius 3 is 2.35 bits per heavy atom. The number of hydrogen-bond acceptors (Lipinski definition) is 3. The van der Waals surface area contributed by atoms with E-state index in [9.17, 15) is 9.59 Å². The minimum Gasteiger partial charge on any atom is -0.338 e. The van der Waals surface area contributed by atoms with Gasteiger partial charge >= 0.3 is 6.03 Å². The van der Waals surface area contributed by atoms with Crippen molar-refractivity contribution in [1.29, 1.82) is 0 Å². The zero-order valence-electron chi connectivity index (χ0n) is 18.7. The van der Waals surface area contributed by atoms with Gasteiger partial charge in [0.15, 0.2) is 5.69 Å². The number of benzene rings is 2. The molecule has 0 bridgehead atoms. The van der Waals surface area contributed by atoms with Crippen LogP contribution in [0.3, 0.4) is 0 Å². The molecular weight excluding hydrogens is 495 g/mol. The number of amides is 3. The minimum absolute atomic E-state index is 0.129. The number of hydrogen-bond donors (Lipinski definition) is 2. The van der Waals surface area contributed by atoms with Crippen LogP contribution in [-0.4, -0.2) is 28.3 Å². The lowest BCUT2D eigenvalue weighted by molar-refractivity contribution is 0.0957. The van der Waals surface area contributed by atoms with Crippen molar-refractivity contribution in [3.05, 3.63) is 68.8 Å². The Morgan fingerprint density at radius 1 is 1.00 bits per heavy atom. The summed E-state index contributed by atoms with van der Waals surface area (Å²) in [5, 5.41) is 11.2. The Bertz CT molecular complexity index is 1200. The molecule has 3 aromatic rings. The van der Waals surface area contributed by atoms with Crippen LogP contribution in [0, 0.1) is 12.8 Å². The van der Waals surface area contributed by atoms with Gasteiger partial charge in [0.25, 0.3) is 5.91 Å². The van der Waals surface area contributed by atoms with Gasteiger partial charge in [-0.2, -0.15) is 5.10 Å². The number of aromatic nitrogens is 2. The number of carbonyl (C=O) groups excluding carboxylic acids is 2. The predicted molar refractivity (Wildman–Crippen MR) is 136 cm³/mol. The van der Waals surface area contributed by atoms with Gasteiger partial charge in [-0.15, -0.1) is 0 Å². The first-order valence-electron chi connectivity index (χ1n) is 11.2. The molecular formula is C25H25Cl3N4O2. The van der Waals surface area contributed by atoms with Crippen LogP contribution < -0.4 is 10.6 Å². The Morgan fingerprint density at radius 2 is 1.68 bits per heavy atom. The molecule has 0 saturated heterocycles. The average Bonchev–Trinajstić information content (AvgIpc) is 3.16. The standard InChI is InChI=1S/C25H25Cl3N4O2/c1-15-22(24(33)30-25(34)29-14-16-5-3-2-4-6-16)31-32(21-12-11-19(27)13-20(21)28)23(15)17-7-9-18(26)10-8-17/h7-13,16H,2-6,14H2,1H3,(H2,29,30,33,34). The number of nitrogens with one attached hydrogen (secondary N) is 2. The Kier molecular flexibility index (Phi) is 7.81. The second-order valence-corrected chi connectivity index (χ2v) is 9.78. The second-order valence-electron chi connectivity index (χ2n) is 8.50. The molecule has 34 heavy (non-hydrogen) atoms. The first-order valence-corrected chi connectivity index (χ1v) is 12.4. The van der Waals surface area contributed by atoms with Gasteiger partial charge in [-0.1, -0.05) is 66.2 Å². The molecule has 1 fully saturated rings. The summed E-state index contributed by atoms with van der Waals surface area (Å²) in [6, 6.07) is 11.7. The summed E-state index contributed by atoms with van der Waals surface area (Å²) in [6.45, 7) is 2.34. The fraction of sp³-hybridized carbons (Fsp3) is 0.320. The van der Waals surface area contributed by atoms with Crippen LogP contribution >= 0.6 is 34.8 Å². The number of rotatable bonds is 5. The van der Waals surface area contributed by atoms with Gasteiger partial charge in [-0.3, -0.25) is 10.1 Å². The van der Waals surface area contributed by atoms with Crippen LogP contribution in [-0.2, 0) is 0 Å². The van der Waals surface area contributed by atoms with Crippen molar-refractivity contribution in [2.75, 3.05) is 6.54 Å². The SMILES string of the molecule is Cc1c(C(=O)NC(=O)NCC2CCCCC2)nn(-c2ccc(Cl)cc2Cl)c1-c1ccc(Cl)cc1. The molecule has 3 amide bonds. The lowest BCUT2D eigenvalue weighted by Crippen LogP contribution is -2.42. The van der Waals surface area contributed by atoms with Crippen molar-refractivity contribution in [1.82, 2.24) is 20.4 Å². The molecule has 2 aromatic carbocycles. The van der Waals surface area contributed by atoms with E-state index in [1.54, 1.807) is 41.9 Å². The summed E-state index contributed by atoms with van der Waals surface area (Å²) >= 11 is 18.6. The molecule has 1 aliphatic carbocycles. The molecule has 0 unspecified atom stereocenters. The van der Waals surface area contributed by atoms with Crippen molar-refractivity contribution >= 4 is 46.7 Å². The van der Waals surface area contributed by atoms with Crippen LogP contribution in [0.4, 0.5) is 4.79 Å². The molecule has 0 aliphatic heterocycles. The summed E-state index contributed by atoms with van der Waals surface area (Å²) in [5.74, 6) is -0.128. The highest BCUT2D eigenvalue weighted by atomic mass is 35.5. The summed E-state index contributed by atoms with van der Waals surface area (Å²) in [6.07, 6.45) is 5.82. The lowest BCUT2D eigenvalue weighted by Gasteiger charge is -2.21. The monoisotopic (exact) mass is 518 g/mol. The van der Waals surface area contributed by atoms with E-state index in [0.29, 0.717) is 44.5 Å². The average molecular weight is 520 g/mol. The van der Waals surface area contributed by atoms with Crippen molar-refractivity contribution in [2.45, 2.75) is 39.0 Å². The summed E-state index contributed by atoms with van der Waals surface area (Å²) < 4.78 is 1.59. The number of urea groups is 1. The number of carbonyl (C=O) groups is 2. The molecule has 1 heterocycles. The molecule has 6 nitrogen and oxygen atoms in total. The fourth-order valence-electron chi connectivity index (χ4n) is 4.32. The van der Waals surface area contributed by atoms with E-state index in [0.717, 1.165) is 18.4 Å². The van der Waals surface area contributed by atoms with Crippen LogP contribution in [0.2, 0.25) is 15.1 Å². The van der Waals surface area contributed by atoms with Crippen LogP contribution in [0.1, 0.15) is 48.2 Å². The van der Waals surface area contributed by atoms with Gasteiger partial charge in [0.2, 0.25) is 0 Å². The topological polar surface area (TPSA) is 76.0 Å². The van der Waals surface area contributed by atoms with Crippen molar-refractivity contribution in [3.63, 3.8) is 0 Å². The number of halogens is 3. The smallest absolute Gasteiger partial charge is 0.321 e. The zero-order chi connectivity index (χ0) is 24.2. The Hall–Kier alpha value is -2.54. The molecule has 2 N–H and O–H groups in total. The van der Waals surface area contributed by atoms with Crippen molar-refractivity contribution in [3.8, 4) is 16.9 Å². The second kappa shape index (κ2) is 10.8. The largest absolute Gasteiger partial charge is 0.338 e. The summed E-state index contributed by atoms with van der Waals surface area (Å²) in [4.78, 5) is 25.4. The molecule has 178 valence electrons. The molecule has 0 radical (unpaired) electrons. The number of nitrogens with zero attached hydrogens (tertiary/aromatic N) is 2. The van der Waals surface area contributed by atoms with E-state index < -0.39 is 11.9 Å². The van der Waals surface area contributed by atoms with Gasteiger partial charge in [-0.25, -0.2) is 9.48 Å². The molecule has 1 saturated carbocycles. The van der Waals surface area contributed by atoms with E-state index >= 15 is 0 Å². The first-order chi connectivity index (χ1) is 16.3. The molecule has 1 aromatic heterocycles. The minimum atomic E-state index is -0.585. The van der Waals surface area contributed by atoms with Gasteiger partial charge in [-0.05, 0) is 56.0 Å². The Balaban J connectivity index is 1.62. The highest BCUT2D eigenvalue weighted by Crippen LogP contribution is 2.33. The van der Waals surface area contributed by atoms with Crippen LogP contribution in [0.15, 0.2) is 42.5 Å². The Labute approximate surface area is 213 Å². The van der Waals surface area contributed by atoms with Crippen LogP contribution in [0.25, 0.3) is 16.9 Å². The first kappa shape index (κ1) is 24.6. The maximum absolute atomic E-state index is 13.0. The third kappa shape index (κ3) is 5.57. The quantitative estimate of drug-likeness (QED) is 0.388. The summed E-state index contributed by atoms with van der Waals surface area (Å²) in [5.41, 5.74) is 2.74. The highest BCUT2D eigenvalue weighted by molar-refractivity contribution is 6.35. The maximum atomic E-state index is 13.0. The molecule has 1 aliphatic rings. The molecule has 0 spiro atoms. The summed E-state index contributed by atoms with van der Waals surface area (Å²) in [7, 11) is 0. The highest BCUT2D eigenvalue weighted by Gasteiger charge is 2.24. The molecule has 4 rings (SSSR count). The fourth-order valence-corrected chi connectivity index (χ4v) is 4.93. The van der Waals surface area contributed by atoms with Gasteiger partial charge in [0.1, 0.15) is 0 Å². The van der Waals surface area contributed by atoms with E-state index in [1.165, 1.54) is 19.3 Å². The van der Waals surface area contributed by atoms with Gasteiger partial charge < -0.3 is 5.32 Å². The van der Waals surface area contributed by atoms with E-state index in [2.05, 4.69) is 15.7 Å². The number of imide groups is 1. The lowest BCUT2D eigenvalue weighted by atomic mass is 9.89. The van der Waals surface area contributed by atoms with E-state index in [4.69, 9.17) is 34.8 Å². The van der Waals surface area contributed by atoms with E-state index in [1.807, 2.05) is 12.1 Å². The zero-order valence-corrected chi connectivity index (χ0v) is 21.0.